The van der Waals surface area contributed by atoms with E-state index in [1.165, 1.54) is 6.07 Å². The van der Waals surface area contributed by atoms with Crippen LogP contribution in [0.25, 0.3) is 23.0 Å². The Hall–Kier alpha value is -4.78. The van der Waals surface area contributed by atoms with Gasteiger partial charge in [0.2, 0.25) is 0 Å². The Kier molecular flexibility index (Phi) is 9.16. The Morgan fingerprint density at radius 1 is 1.05 bits per heavy atom. The van der Waals surface area contributed by atoms with Crippen LogP contribution in [0, 0.1) is 17.1 Å². The first-order valence-corrected chi connectivity index (χ1v) is 13.4. The number of para-hydroxylation sites is 1. The maximum atomic E-state index is 14.0. The molecule has 4 aromatic rings. The largest absolute Gasteiger partial charge is 0.489 e. The molecule has 1 saturated heterocycles. The summed E-state index contributed by atoms with van der Waals surface area (Å²) in [6, 6.07) is 25.4. The SMILES string of the molecule is N#CC(=Cc1cn(-c2ccccc2)nc1-c1ccc(OCc2ccccc2F)cc1)C(=O)NCCN1CCOCC1. The molecular formula is C32H30FN5O3. The van der Waals surface area contributed by atoms with Gasteiger partial charge in [0.15, 0.2) is 0 Å². The van der Waals surface area contributed by atoms with Crippen molar-refractivity contribution in [3.8, 4) is 28.8 Å². The average Bonchev–Trinajstić information content (AvgIpc) is 3.44. The summed E-state index contributed by atoms with van der Waals surface area (Å²) >= 11 is 0. The van der Waals surface area contributed by atoms with Crippen LogP contribution in [0.1, 0.15) is 11.1 Å². The minimum Gasteiger partial charge on any atom is -0.489 e. The number of carbonyl (C=O) groups is 1. The van der Waals surface area contributed by atoms with E-state index in [0.717, 1.165) is 24.3 Å². The van der Waals surface area contributed by atoms with Crippen LogP contribution in [0.4, 0.5) is 4.39 Å². The summed E-state index contributed by atoms with van der Waals surface area (Å²) in [5.41, 5.74) is 3.29. The van der Waals surface area contributed by atoms with E-state index in [-0.39, 0.29) is 18.0 Å². The molecule has 1 aromatic heterocycles. The lowest BCUT2D eigenvalue weighted by Crippen LogP contribution is -2.41. The van der Waals surface area contributed by atoms with Gasteiger partial charge < -0.3 is 14.8 Å². The molecule has 1 aliphatic rings. The predicted molar refractivity (Wildman–Crippen MR) is 154 cm³/mol. The Labute approximate surface area is 238 Å². The number of aromatic nitrogens is 2. The molecule has 0 atom stereocenters. The van der Waals surface area contributed by atoms with Crippen molar-refractivity contribution in [2.24, 2.45) is 0 Å². The smallest absolute Gasteiger partial charge is 0.262 e. The molecule has 1 N–H and O–H groups in total. The van der Waals surface area contributed by atoms with Crippen LogP contribution in [0.3, 0.4) is 0 Å². The fourth-order valence-electron chi connectivity index (χ4n) is 4.47. The number of amides is 1. The number of nitrogens with zero attached hydrogens (tertiary/aromatic N) is 4. The van der Waals surface area contributed by atoms with Gasteiger partial charge in [-0.25, -0.2) is 9.07 Å². The van der Waals surface area contributed by atoms with Crippen molar-refractivity contribution >= 4 is 12.0 Å². The van der Waals surface area contributed by atoms with Crippen molar-refractivity contribution in [2.75, 3.05) is 39.4 Å². The molecule has 5 rings (SSSR count). The van der Waals surface area contributed by atoms with E-state index in [1.807, 2.05) is 48.5 Å². The molecular weight excluding hydrogens is 521 g/mol. The molecule has 1 fully saturated rings. The number of ether oxygens (including phenoxy) is 2. The monoisotopic (exact) mass is 551 g/mol. The number of hydrogen-bond acceptors (Lipinski definition) is 6. The molecule has 208 valence electrons. The van der Waals surface area contributed by atoms with Crippen LogP contribution in [-0.4, -0.2) is 60.0 Å². The topological polar surface area (TPSA) is 92.4 Å². The van der Waals surface area contributed by atoms with Crippen LogP contribution in [-0.2, 0) is 16.1 Å². The highest BCUT2D eigenvalue weighted by molar-refractivity contribution is 6.02. The van der Waals surface area contributed by atoms with Crippen LogP contribution in [0.5, 0.6) is 5.75 Å². The summed E-state index contributed by atoms with van der Waals surface area (Å²) in [5, 5.41) is 17.5. The number of benzene rings is 3. The Balaban J connectivity index is 1.36. The summed E-state index contributed by atoms with van der Waals surface area (Å²) in [4.78, 5) is 15.1. The number of hydrogen-bond donors (Lipinski definition) is 1. The number of nitrogens with one attached hydrogen (secondary N) is 1. The number of morpholine rings is 1. The third-order valence-corrected chi connectivity index (χ3v) is 6.73. The van der Waals surface area contributed by atoms with Gasteiger partial charge in [-0.3, -0.25) is 9.69 Å². The minimum atomic E-state index is -0.434. The van der Waals surface area contributed by atoms with Crippen molar-refractivity contribution in [2.45, 2.75) is 6.61 Å². The van der Waals surface area contributed by atoms with Crippen molar-refractivity contribution in [3.63, 3.8) is 0 Å². The highest BCUT2D eigenvalue weighted by atomic mass is 19.1. The first-order chi connectivity index (χ1) is 20.1. The number of carbonyl (C=O) groups excluding carboxylic acids is 1. The fraction of sp³-hybridized carbons (Fsp3) is 0.219. The average molecular weight is 552 g/mol. The molecule has 1 aliphatic heterocycles. The molecule has 0 spiro atoms. The van der Waals surface area contributed by atoms with Gasteiger partial charge in [-0.15, -0.1) is 0 Å². The first-order valence-electron chi connectivity index (χ1n) is 13.4. The molecule has 8 nitrogen and oxygen atoms in total. The lowest BCUT2D eigenvalue weighted by Gasteiger charge is -2.26. The molecule has 0 radical (unpaired) electrons. The first kappa shape index (κ1) is 27.8. The Bertz CT molecular complexity index is 1540. The molecule has 3 aromatic carbocycles. The van der Waals surface area contributed by atoms with E-state index in [0.29, 0.717) is 48.9 Å². The number of rotatable bonds is 10. The summed E-state index contributed by atoms with van der Waals surface area (Å²) in [5.74, 6) is -0.171. The molecule has 41 heavy (non-hydrogen) atoms. The van der Waals surface area contributed by atoms with E-state index in [4.69, 9.17) is 14.6 Å². The van der Waals surface area contributed by atoms with Crippen molar-refractivity contribution in [1.82, 2.24) is 20.0 Å². The van der Waals surface area contributed by atoms with E-state index in [2.05, 4.69) is 10.2 Å². The van der Waals surface area contributed by atoms with Crippen molar-refractivity contribution in [1.29, 1.82) is 5.26 Å². The third-order valence-electron chi connectivity index (χ3n) is 6.73. The Morgan fingerprint density at radius 3 is 2.51 bits per heavy atom. The van der Waals surface area contributed by atoms with Gasteiger partial charge in [0.05, 0.1) is 24.6 Å². The van der Waals surface area contributed by atoms with Gasteiger partial charge in [-0.1, -0.05) is 36.4 Å². The van der Waals surface area contributed by atoms with Gasteiger partial charge in [-0.05, 0) is 48.5 Å². The van der Waals surface area contributed by atoms with E-state index < -0.39 is 5.91 Å². The highest BCUT2D eigenvalue weighted by Crippen LogP contribution is 2.28. The maximum absolute atomic E-state index is 14.0. The van der Waals surface area contributed by atoms with Crippen LogP contribution in [0.15, 0.2) is 90.6 Å². The van der Waals surface area contributed by atoms with E-state index >= 15 is 0 Å². The van der Waals surface area contributed by atoms with Gasteiger partial charge in [-0.2, -0.15) is 10.4 Å². The van der Waals surface area contributed by atoms with Crippen molar-refractivity contribution in [3.05, 3.63) is 108 Å². The second-order valence-electron chi connectivity index (χ2n) is 9.50. The van der Waals surface area contributed by atoms with Crippen LogP contribution in [0.2, 0.25) is 0 Å². The van der Waals surface area contributed by atoms with Gasteiger partial charge in [0.25, 0.3) is 5.91 Å². The second kappa shape index (κ2) is 13.5. The molecule has 1 amide bonds. The van der Waals surface area contributed by atoms with E-state index in [9.17, 15) is 14.4 Å². The fourth-order valence-corrected chi connectivity index (χ4v) is 4.47. The zero-order valence-corrected chi connectivity index (χ0v) is 22.5. The molecule has 0 aliphatic carbocycles. The molecule has 0 saturated carbocycles. The summed E-state index contributed by atoms with van der Waals surface area (Å²) in [6.45, 7) is 4.25. The predicted octanol–water partition coefficient (Wildman–Crippen LogP) is 4.61. The van der Waals surface area contributed by atoms with Crippen molar-refractivity contribution < 1.29 is 18.7 Å². The number of nitriles is 1. The molecule has 0 unspecified atom stereocenters. The maximum Gasteiger partial charge on any atom is 0.262 e. The third kappa shape index (κ3) is 7.25. The summed E-state index contributed by atoms with van der Waals surface area (Å²) in [6.07, 6.45) is 3.36. The zero-order chi connectivity index (χ0) is 28.4. The van der Waals surface area contributed by atoms with Crippen LogP contribution >= 0.6 is 0 Å². The zero-order valence-electron chi connectivity index (χ0n) is 22.5. The lowest BCUT2D eigenvalue weighted by molar-refractivity contribution is -0.117. The normalized spacial score (nSPS) is 13.9. The highest BCUT2D eigenvalue weighted by Gasteiger charge is 2.16. The van der Waals surface area contributed by atoms with Gasteiger partial charge in [0, 0.05) is 49.1 Å². The molecule has 9 heteroatoms. The minimum absolute atomic E-state index is 0.00863. The summed E-state index contributed by atoms with van der Waals surface area (Å²) in [7, 11) is 0. The molecule has 0 bridgehead atoms. The van der Waals surface area contributed by atoms with Gasteiger partial charge >= 0.3 is 0 Å². The quantitative estimate of drug-likeness (QED) is 0.229. The molecule has 2 heterocycles. The van der Waals surface area contributed by atoms with Gasteiger partial charge in [0.1, 0.15) is 29.8 Å². The number of halogens is 1. The van der Waals surface area contributed by atoms with Crippen LogP contribution < -0.4 is 10.1 Å². The summed E-state index contributed by atoms with van der Waals surface area (Å²) < 4.78 is 26.8. The lowest BCUT2D eigenvalue weighted by atomic mass is 10.1. The second-order valence-corrected chi connectivity index (χ2v) is 9.50. The standard InChI is InChI=1S/C32H30FN5O3/c33-30-9-5-4-6-25(30)23-41-29-12-10-24(11-13-29)31-27(22-38(36-31)28-7-2-1-3-8-28)20-26(21-34)32(39)35-14-15-37-16-18-40-19-17-37/h1-13,20,22H,14-19,23H2,(H,35,39). The van der Waals surface area contributed by atoms with E-state index in [1.54, 1.807) is 47.3 Å². The Morgan fingerprint density at radius 2 is 1.78 bits per heavy atom.